The topological polar surface area (TPSA) is 38.7 Å². The highest BCUT2D eigenvalue weighted by atomic mass is 79.9. The second kappa shape index (κ2) is 5.61. The van der Waals surface area contributed by atoms with Crippen LogP contribution in [-0.2, 0) is 9.63 Å². The summed E-state index contributed by atoms with van der Waals surface area (Å²) in [6.45, 7) is 0. The monoisotopic (exact) mass is 345 g/mol. The zero-order valence-corrected chi connectivity index (χ0v) is 12.3. The number of carbonyl (C=O) groups excluding carboxylic acids is 1. The van der Waals surface area contributed by atoms with E-state index in [-0.39, 0.29) is 16.8 Å². The first-order chi connectivity index (χ1) is 10.1. The Morgan fingerprint density at radius 3 is 2.71 bits per heavy atom. The molecular formula is C16H9BrFNO2. The molecule has 3 rings (SSSR count). The average Bonchev–Trinajstić information content (AvgIpc) is 2.81. The van der Waals surface area contributed by atoms with Crippen LogP contribution in [0.1, 0.15) is 11.1 Å². The van der Waals surface area contributed by atoms with Gasteiger partial charge in [-0.2, -0.15) is 0 Å². The number of oxime groups is 1. The van der Waals surface area contributed by atoms with Gasteiger partial charge >= 0.3 is 5.97 Å². The maximum Gasteiger partial charge on any atom is 0.368 e. The molecule has 2 aromatic rings. The first-order valence-corrected chi connectivity index (χ1v) is 6.96. The maximum atomic E-state index is 13.9. The molecule has 0 atom stereocenters. The van der Waals surface area contributed by atoms with Gasteiger partial charge < -0.3 is 4.84 Å². The molecule has 0 saturated heterocycles. The van der Waals surface area contributed by atoms with Crippen LogP contribution in [0.2, 0.25) is 0 Å². The van der Waals surface area contributed by atoms with E-state index in [4.69, 9.17) is 4.84 Å². The Balaban J connectivity index is 2.06. The van der Waals surface area contributed by atoms with Gasteiger partial charge in [-0.1, -0.05) is 45.4 Å². The van der Waals surface area contributed by atoms with Crippen molar-refractivity contribution >= 4 is 33.7 Å². The lowest BCUT2D eigenvalue weighted by Gasteiger charge is -2.02. The number of hydrogen-bond acceptors (Lipinski definition) is 3. The number of benzene rings is 2. The zero-order valence-electron chi connectivity index (χ0n) is 10.7. The summed E-state index contributed by atoms with van der Waals surface area (Å²) in [5, 5.41) is 3.69. The fourth-order valence-electron chi connectivity index (χ4n) is 2.02. The third-order valence-electron chi connectivity index (χ3n) is 2.98. The summed E-state index contributed by atoms with van der Waals surface area (Å²) in [6, 6.07) is 13.5. The molecule has 0 fully saturated rings. The molecule has 1 aliphatic heterocycles. The Morgan fingerprint density at radius 2 is 1.95 bits per heavy atom. The molecule has 0 bridgehead atoms. The van der Waals surface area contributed by atoms with Crippen LogP contribution in [-0.4, -0.2) is 11.7 Å². The number of hydrogen-bond donors (Lipinski definition) is 0. The lowest BCUT2D eigenvalue weighted by atomic mass is 10.0. The quantitative estimate of drug-likeness (QED) is 0.610. The first kappa shape index (κ1) is 13.7. The van der Waals surface area contributed by atoms with Crippen molar-refractivity contribution in [3.8, 4) is 0 Å². The number of rotatable bonds is 2. The van der Waals surface area contributed by atoms with E-state index in [0.717, 1.165) is 10.0 Å². The van der Waals surface area contributed by atoms with Gasteiger partial charge in [-0.25, -0.2) is 9.18 Å². The highest BCUT2D eigenvalue weighted by Gasteiger charge is 2.28. The van der Waals surface area contributed by atoms with E-state index in [9.17, 15) is 9.18 Å². The molecule has 3 nitrogen and oxygen atoms in total. The van der Waals surface area contributed by atoms with Crippen LogP contribution >= 0.6 is 15.9 Å². The summed E-state index contributed by atoms with van der Waals surface area (Å²) in [4.78, 5) is 16.5. The SMILES string of the molecule is O=C1ON=C(c2ccccc2F)C1=Cc1cccc(Br)c1. The van der Waals surface area contributed by atoms with Crippen molar-refractivity contribution in [3.05, 3.63) is 75.5 Å². The zero-order chi connectivity index (χ0) is 14.8. The van der Waals surface area contributed by atoms with Crippen LogP contribution < -0.4 is 0 Å². The van der Waals surface area contributed by atoms with Crippen LogP contribution in [0.25, 0.3) is 6.08 Å². The second-order valence-corrected chi connectivity index (χ2v) is 5.33. The van der Waals surface area contributed by atoms with Crippen molar-refractivity contribution in [1.82, 2.24) is 0 Å². The van der Waals surface area contributed by atoms with E-state index in [1.807, 2.05) is 24.3 Å². The van der Waals surface area contributed by atoms with Gasteiger partial charge in [0.25, 0.3) is 0 Å². The van der Waals surface area contributed by atoms with Crippen molar-refractivity contribution < 1.29 is 14.0 Å². The summed E-state index contributed by atoms with van der Waals surface area (Å²) in [7, 11) is 0. The Hall–Kier alpha value is -2.27. The molecule has 0 saturated carbocycles. The number of carbonyl (C=O) groups is 1. The van der Waals surface area contributed by atoms with Gasteiger partial charge in [0.15, 0.2) is 0 Å². The predicted molar refractivity (Wildman–Crippen MR) is 81.1 cm³/mol. The fraction of sp³-hybridized carbons (Fsp3) is 0. The number of nitrogens with zero attached hydrogens (tertiary/aromatic N) is 1. The first-order valence-electron chi connectivity index (χ1n) is 6.17. The van der Waals surface area contributed by atoms with Gasteiger partial charge in [-0.05, 0) is 35.9 Å². The minimum atomic E-state index is -0.590. The number of halogens is 2. The molecule has 0 aromatic heterocycles. The highest BCUT2D eigenvalue weighted by molar-refractivity contribution is 9.10. The van der Waals surface area contributed by atoms with Gasteiger partial charge in [0.2, 0.25) is 0 Å². The normalized spacial score (nSPS) is 16.0. The van der Waals surface area contributed by atoms with E-state index in [0.29, 0.717) is 0 Å². The highest BCUT2D eigenvalue weighted by Crippen LogP contribution is 2.23. The van der Waals surface area contributed by atoms with E-state index in [1.165, 1.54) is 6.07 Å². The van der Waals surface area contributed by atoms with Gasteiger partial charge in [0.05, 0.1) is 5.57 Å². The summed E-state index contributed by atoms with van der Waals surface area (Å²) < 4.78 is 14.7. The minimum absolute atomic E-state index is 0.207. The van der Waals surface area contributed by atoms with Gasteiger partial charge in [0.1, 0.15) is 11.5 Å². The smallest absolute Gasteiger partial charge is 0.312 e. The molecule has 0 aliphatic carbocycles. The maximum absolute atomic E-state index is 13.9. The molecule has 5 heteroatoms. The second-order valence-electron chi connectivity index (χ2n) is 4.41. The summed E-state index contributed by atoms with van der Waals surface area (Å²) in [5.41, 5.74) is 1.48. The van der Waals surface area contributed by atoms with E-state index >= 15 is 0 Å². The lowest BCUT2D eigenvalue weighted by molar-refractivity contribution is -0.136. The van der Waals surface area contributed by atoms with Crippen LogP contribution in [0.3, 0.4) is 0 Å². The third-order valence-corrected chi connectivity index (χ3v) is 3.48. The van der Waals surface area contributed by atoms with Crippen molar-refractivity contribution in [2.45, 2.75) is 0 Å². The van der Waals surface area contributed by atoms with Gasteiger partial charge in [-0.3, -0.25) is 0 Å². The molecule has 0 amide bonds. The predicted octanol–water partition coefficient (Wildman–Crippen LogP) is 3.93. The molecule has 0 spiro atoms. The minimum Gasteiger partial charge on any atom is -0.312 e. The summed E-state index contributed by atoms with van der Waals surface area (Å²) >= 11 is 3.36. The third kappa shape index (κ3) is 2.78. The lowest BCUT2D eigenvalue weighted by Crippen LogP contribution is -2.08. The molecule has 104 valence electrons. The largest absolute Gasteiger partial charge is 0.368 e. The molecule has 21 heavy (non-hydrogen) atoms. The fourth-order valence-corrected chi connectivity index (χ4v) is 2.44. The van der Waals surface area contributed by atoms with Crippen molar-refractivity contribution in [2.75, 3.05) is 0 Å². The molecule has 0 N–H and O–H groups in total. The molecule has 0 radical (unpaired) electrons. The Labute approximate surface area is 128 Å². The van der Waals surface area contributed by atoms with E-state index in [2.05, 4.69) is 21.1 Å². The van der Waals surface area contributed by atoms with Gasteiger partial charge in [0, 0.05) is 10.0 Å². The Bertz CT molecular complexity index is 783. The molecule has 0 unspecified atom stereocenters. The van der Waals surface area contributed by atoms with Crippen LogP contribution in [0.5, 0.6) is 0 Å². The van der Waals surface area contributed by atoms with Crippen molar-refractivity contribution in [3.63, 3.8) is 0 Å². The standard InChI is InChI=1S/C16H9BrFNO2/c17-11-5-3-4-10(8-11)9-13-15(19-21-16(13)20)12-6-1-2-7-14(12)18/h1-9H. The van der Waals surface area contributed by atoms with Crippen LogP contribution in [0.4, 0.5) is 4.39 Å². The van der Waals surface area contributed by atoms with E-state index < -0.39 is 11.8 Å². The Morgan fingerprint density at radius 1 is 1.14 bits per heavy atom. The Kier molecular flexibility index (Phi) is 3.66. The van der Waals surface area contributed by atoms with Crippen LogP contribution in [0, 0.1) is 5.82 Å². The summed E-state index contributed by atoms with van der Waals surface area (Å²) in [5.74, 6) is -1.04. The molecule has 1 heterocycles. The van der Waals surface area contributed by atoms with Crippen molar-refractivity contribution in [1.29, 1.82) is 0 Å². The van der Waals surface area contributed by atoms with E-state index in [1.54, 1.807) is 24.3 Å². The van der Waals surface area contributed by atoms with Crippen LogP contribution in [0.15, 0.2) is 63.7 Å². The van der Waals surface area contributed by atoms with Gasteiger partial charge in [-0.15, -0.1) is 0 Å². The summed E-state index contributed by atoms with van der Waals surface area (Å²) in [6.07, 6.45) is 1.63. The molecular weight excluding hydrogens is 337 g/mol. The molecule has 1 aliphatic rings. The van der Waals surface area contributed by atoms with Crippen molar-refractivity contribution in [2.24, 2.45) is 5.16 Å². The average molecular weight is 346 g/mol. The molecule has 2 aromatic carbocycles.